The molecule has 1 heterocycles. The molecule has 0 N–H and O–H groups in total. The van der Waals surface area contributed by atoms with Crippen molar-refractivity contribution in [3.8, 4) is 12.1 Å². The van der Waals surface area contributed by atoms with E-state index in [1.165, 1.54) is 16.7 Å². The third-order valence-electron chi connectivity index (χ3n) is 3.75. The van der Waals surface area contributed by atoms with Gasteiger partial charge in [0.2, 0.25) is 0 Å². The zero-order valence-corrected chi connectivity index (χ0v) is 12.6. The van der Waals surface area contributed by atoms with Gasteiger partial charge in [-0.3, -0.25) is 0 Å². The van der Waals surface area contributed by atoms with Gasteiger partial charge in [0, 0.05) is 18.9 Å². The lowest BCUT2D eigenvalue weighted by molar-refractivity contribution is 0.803. The van der Waals surface area contributed by atoms with Gasteiger partial charge < -0.3 is 4.57 Å². The Bertz CT molecular complexity index is 798. The molecule has 0 fully saturated rings. The van der Waals surface area contributed by atoms with E-state index >= 15 is 0 Å². The molecule has 0 saturated heterocycles. The van der Waals surface area contributed by atoms with Gasteiger partial charge in [-0.05, 0) is 53.4 Å². The van der Waals surface area contributed by atoms with E-state index in [1.54, 1.807) is 0 Å². The molecule has 3 nitrogen and oxygen atoms in total. The molecule has 0 atom stereocenters. The summed E-state index contributed by atoms with van der Waals surface area (Å²) in [4.78, 5) is 0. The van der Waals surface area contributed by atoms with Crippen LogP contribution in [0.3, 0.4) is 0 Å². The molecule has 2 aromatic carbocycles. The SMILES string of the molecule is N#Cc1ccc(Cc2ccn(Cc3ccc(C#N)cc3)c2)cc1. The molecular weight excluding hydrogens is 282 g/mol. The van der Waals surface area contributed by atoms with Crippen LogP contribution in [0.25, 0.3) is 0 Å². The first kappa shape index (κ1) is 14.6. The third kappa shape index (κ3) is 3.67. The Morgan fingerprint density at radius 2 is 1.26 bits per heavy atom. The lowest BCUT2D eigenvalue weighted by Gasteiger charge is -2.03. The molecule has 3 rings (SSSR count). The summed E-state index contributed by atoms with van der Waals surface area (Å²) in [5.74, 6) is 0. The van der Waals surface area contributed by atoms with Crippen LogP contribution in [0, 0.1) is 22.7 Å². The van der Waals surface area contributed by atoms with E-state index in [2.05, 4.69) is 35.2 Å². The molecule has 0 bridgehead atoms. The van der Waals surface area contributed by atoms with Crippen molar-refractivity contribution < 1.29 is 0 Å². The van der Waals surface area contributed by atoms with Gasteiger partial charge in [-0.1, -0.05) is 24.3 Å². The van der Waals surface area contributed by atoms with Crippen molar-refractivity contribution in [3.63, 3.8) is 0 Å². The van der Waals surface area contributed by atoms with Crippen molar-refractivity contribution in [3.05, 3.63) is 94.8 Å². The Labute approximate surface area is 135 Å². The maximum absolute atomic E-state index is 8.82. The van der Waals surface area contributed by atoms with Gasteiger partial charge in [0.1, 0.15) is 0 Å². The van der Waals surface area contributed by atoms with Gasteiger partial charge in [0.25, 0.3) is 0 Å². The molecule has 0 aliphatic rings. The molecule has 3 heteroatoms. The third-order valence-corrected chi connectivity index (χ3v) is 3.75. The minimum atomic E-state index is 0.683. The van der Waals surface area contributed by atoms with Crippen LogP contribution < -0.4 is 0 Å². The van der Waals surface area contributed by atoms with Crippen molar-refractivity contribution in [2.24, 2.45) is 0 Å². The number of hydrogen-bond donors (Lipinski definition) is 0. The molecule has 23 heavy (non-hydrogen) atoms. The van der Waals surface area contributed by atoms with Crippen molar-refractivity contribution in [1.29, 1.82) is 10.5 Å². The molecule has 0 aliphatic carbocycles. The second-order valence-electron chi connectivity index (χ2n) is 5.49. The van der Waals surface area contributed by atoms with E-state index in [0.717, 1.165) is 13.0 Å². The molecule has 0 radical (unpaired) electrons. The predicted octanol–water partition coefficient (Wildman–Crippen LogP) is 3.87. The number of benzene rings is 2. The molecule has 0 spiro atoms. The quantitative estimate of drug-likeness (QED) is 0.734. The van der Waals surface area contributed by atoms with Crippen molar-refractivity contribution in [2.45, 2.75) is 13.0 Å². The molecule has 0 amide bonds. The van der Waals surface area contributed by atoms with Gasteiger partial charge in [-0.2, -0.15) is 10.5 Å². The average molecular weight is 297 g/mol. The first-order valence-corrected chi connectivity index (χ1v) is 7.39. The highest BCUT2D eigenvalue weighted by Gasteiger charge is 2.01. The molecule has 0 unspecified atom stereocenters. The fourth-order valence-corrected chi connectivity index (χ4v) is 2.52. The number of rotatable bonds is 4. The zero-order valence-electron chi connectivity index (χ0n) is 12.6. The highest BCUT2D eigenvalue weighted by Crippen LogP contribution is 2.13. The summed E-state index contributed by atoms with van der Waals surface area (Å²) >= 11 is 0. The Hall–Kier alpha value is -3.30. The van der Waals surface area contributed by atoms with Crippen LogP contribution in [0.5, 0.6) is 0 Å². The second kappa shape index (κ2) is 6.64. The smallest absolute Gasteiger partial charge is 0.0991 e. The zero-order chi connectivity index (χ0) is 16.1. The van der Waals surface area contributed by atoms with E-state index in [9.17, 15) is 0 Å². The van der Waals surface area contributed by atoms with E-state index < -0.39 is 0 Å². The standard InChI is InChI=1S/C20H15N3/c21-12-17-3-1-16(2-4-17)11-20-9-10-23(15-20)14-19-7-5-18(13-22)6-8-19/h1-10,15H,11,14H2. The topological polar surface area (TPSA) is 52.5 Å². The van der Waals surface area contributed by atoms with Crippen LogP contribution in [0.2, 0.25) is 0 Å². The summed E-state index contributed by atoms with van der Waals surface area (Å²) in [7, 11) is 0. The van der Waals surface area contributed by atoms with Crippen LogP contribution in [0.1, 0.15) is 27.8 Å². The fraction of sp³-hybridized carbons (Fsp3) is 0.100. The maximum Gasteiger partial charge on any atom is 0.0991 e. The van der Waals surface area contributed by atoms with E-state index in [4.69, 9.17) is 10.5 Å². The average Bonchev–Trinajstić information content (AvgIpc) is 3.03. The van der Waals surface area contributed by atoms with Gasteiger partial charge in [0.15, 0.2) is 0 Å². The Balaban J connectivity index is 1.67. The molecular formula is C20H15N3. The van der Waals surface area contributed by atoms with Gasteiger partial charge >= 0.3 is 0 Å². The summed E-state index contributed by atoms with van der Waals surface area (Å²) < 4.78 is 2.14. The van der Waals surface area contributed by atoms with Crippen molar-refractivity contribution >= 4 is 0 Å². The van der Waals surface area contributed by atoms with Gasteiger partial charge in [-0.25, -0.2) is 0 Å². The van der Waals surface area contributed by atoms with Crippen LogP contribution >= 0.6 is 0 Å². The maximum atomic E-state index is 8.82. The summed E-state index contributed by atoms with van der Waals surface area (Å²) in [6.45, 7) is 0.791. The minimum Gasteiger partial charge on any atom is -0.350 e. The normalized spacial score (nSPS) is 10.0. The van der Waals surface area contributed by atoms with Gasteiger partial charge in [0.05, 0.1) is 23.3 Å². The molecule has 0 aliphatic heterocycles. The number of nitriles is 2. The lowest BCUT2D eigenvalue weighted by Crippen LogP contribution is -1.96. The summed E-state index contributed by atoms with van der Waals surface area (Å²) in [5, 5.41) is 17.6. The second-order valence-corrected chi connectivity index (χ2v) is 5.49. The Kier molecular flexibility index (Phi) is 4.22. The van der Waals surface area contributed by atoms with Crippen LogP contribution in [0.15, 0.2) is 67.0 Å². The molecule has 3 aromatic rings. The summed E-state index contributed by atoms with van der Waals surface area (Å²) in [5.41, 5.74) is 4.97. The molecule has 1 aromatic heterocycles. The largest absolute Gasteiger partial charge is 0.350 e. The number of nitrogens with zero attached hydrogens (tertiary/aromatic N) is 3. The van der Waals surface area contributed by atoms with E-state index in [0.29, 0.717) is 11.1 Å². The van der Waals surface area contributed by atoms with Crippen LogP contribution in [-0.2, 0) is 13.0 Å². The van der Waals surface area contributed by atoms with E-state index in [1.807, 2.05) is 48.5 Å². The first-order valence-electron chi connectivity index (χ1n) is 7.39. The Morgan fingerprint density at radius 3 is 1.83 bits per heavy atom. The van der Waals surface area contributed by atoms with Crippen LogP contribution in [0.4, 0.5) is 0 Å². The number of hydrogen-bond acceptors (Lipinski definition) is 2. The van der Waals surface area contributed by atoms with Crippen LogP contribution in [-0.4, -0.2) is 4.57 Å². The number of aromatic nitrogens is 1. The Morgan fingerprint density at radius 1 is 0.696 bits per heavy atom. The lowest BCUT2D eigenvalue weighted by atomic mass is 10.1. The van der Waals surface area contributed by atoms with Gasteiger partial charge in [-0.15, -0.1) is 0 Å². The van der Waals surface area contributed by atoms with Crippen molar-refractivity contribution in [1.82, 2.24) is 4.57 Å². The van der Waals surface area contributed by atoms with E-state index in [-0.39, 0.29) is 0 Å². The first-order chi connectivity index (χ1) is 11.3. The fourth-order valence-electron chi connectivity index (χ4n) is 2.52. The molecule has 0 saturated carbocycles. The summed E-state index contributed by atoms with van der Waals surface area (Å²) in [6, 6.07) is 21.7. The summed E-state index contributed by atoms with van der Waals surface area (Å²) in [6.07, 6.45) is 5.06. The minimum absolute atomic E-state index is 0.683. The highest BCUT2D eigenvalue weighted by atomic mass is 14.9. The highest BCUT2D eigenvalue weighted by molar-refractivity contribution is 5.34. The monoisotopic (exact) mass is 297 g/mol. The predicted molar refractivity (Wildman–Crippen MR) is 88.7 cm³/mol. The van der Waals surface area contributed by atoms with Crippen molar-refractivity contribution in [2.75, 3.05) is 0 Å². The molecule has 110 valence electrons.